The molecule has 1 aliphatic carbocycles. The predicted molar refractivity (Wildman–Crippen MR) is 129 cm³/mol. The van der Waals surface area contributed by atoms with Crippen LogP contribution in [-0.2, 0) is 36.3 Å². The van der Waals surface area contributed by atoms with Gasteiger partial charge in [-0.1, -0.05) is 30.3 Å². The summed E-state index contributed by atoms with van der Waals surface area (Å²) >= 11 is 0. The number of sulfone groups is 1. The van der Waals surface area contributed by atoms with Gasteiger partial charge in [0, 0.05) is 18.2 Å². The molecule has 0 radical (unpaired) electrons. The molecule has 1 saturated carbocycles. The van der Waals surface area contributed by atoms with E-state index in [9.17, 15) is 52.7 Å². The van der Waals surface area contributed by atoms with Gasteiger partial charge in [0.05, 0.1) is 17.4 Å². The van der Waals surface area contributed by atoms with Crippen LogP contribution in [0.4, 0.5) is 39.5 Å². The first kappa shape index (κ1) is 31.3. The highest BCUT2D eigenvalue weighted by Gasteiger charge is 2.74. The number of hydrogen-bond donors (Lipinski definition) is 1. The lowest BCUT2D eigenvalue weighted by atomic mass is 9.90. The minimum absolute atomic E-state index is 0.317. The summed E-state index contributed by atoms with van der Waals surface area (Å²) in [6.45, 7) is -1.76. The number of hydrogen-bond acceptors (Lipinski definition) is 4. The molecule has 3 aromatic carbocycles. The van der Waals surface area contributed by atoms with E-state index >= 15 is 0 Å². The molecule has 2 unspecified atom stereocenters. The van der Waals surface area contributed by atoms with Gasteiger partial charge in [0.15, 0.2) is 9.84 Å². The number of rotatable bonds is 8. The monoisotopic (exact) mass is 625 g/mol. The average Bonchev–Trinajstić information content (AvgIpc) is 3.67. The van der Waals surface area contributed by atoms with Crippen molar-refractivity contribution >= 4 is 15.7 Å². The molecule has 3 aromatic rings. The highest BCUT2D eigenvalue weighted by molar-refractivity contribution is 7.92. The third-order valence-corrected chi connectivity index (χ3v) is 9.69. The fourth-order valence-corrected chi connectivity index (χ4v) is 7.12. The van der Waals surface area contributed by atoms with Crippen LogP contribution in [-0.4, -0.2) is 33.7 Å². The maximum Gasteiger partial charge on any atom is 0.430 e. The van der Waals surface area contributed by atoms with Crippen LogP contribution in [0.15, 0.2) is 71.6 Å². The van der Waals surface area contributed by atoms with Gasteiger partial charge in [-0.2, -0.15) is 26.3 Å². The molecule has 1 N–H and O–H groups in total. The summed E-state index contributed by atoms with van der Waals surface area (Å²) in [6.07, 6.45) is -12.8. The Balaban J connectivity index is 1.84. The number of nitrogens with one attached hydrogen (secondary N) is 1. The predicted octanol–water partition coefficient (Wildman–Crippen LogP) is 6.08. The fraction of sp³-hybridized carbons (Fsp3) is 0.296. The Morgan fingerprint density at radius 3 is 1.88 bits per heavy atom. The maximum absolute atomic E-state index is 14.3. The molecule has 1 aliphatic rings. The van der Waals surface area contributed by atoms with Gasteiger partial charge in [0.2, 0.25) is 5.91 Å². The summed E-state index contributed by atoms with van der Waals surface area (Å²) in [5, 5.41) is 2.26. The molecular weight excluding hydrogens is 605 g/mol. The lowest BCUT2D eigenvalue weighted by Gasteiger charge is -2.37. The Hall–Kier alpha value is -3.59. The zero-order chi connectivity index (χ0) is 31.3. The van der Waals surface area contributed by atoms with E-state index in [1.807, 2.05) is 0 Å². The molecule has 5 nitrogen and oxygen atoms in total. The summed E-state index contributed by atoms with van der Waals surface area (Å²) in [7, 11) is -3.34. The normalized spacial score (nSPS) is 19.4. The minimum Gasteiger partial charge on any atom is -0.359 e. The molecule has 0 heterocycles. The second-order valence-corrected chi connectivity index (χ2v) is 11.7. The Bertz CT molecular complexity index is 1550. The van der Waals surface area contributed by atoms with E-state index in [2.05, 4.69) is 10.1 Å². The van der Waals surface area contributed by atoms with E-state index < -0.39 is 84.4 Å². The van der Waals surface area contributed by atoms with Crippen molar-refractivity contribution in [1.29, 1.82) is 0 Å². The number of carbonyl (C=O) groups excluding carboxylic acids is 1. The van der Waals surface area contributed by atoms with Crippen molar-refractivity contribution < 1.29 is 57.5 Å². The van der Waals surface area contributed by atoms with Gasteiger partial charge >= 0.3 is 12.4 Å². The second-order valence-electron chi connectivity index (χ2n) is 9.46. The minimum atomic E-state index is -6.21. The molecular formula is C27H20F9NO4S. The zero-order valence-electron chi connectivity index (χ0n) is 21.3. The first-order valence-corrected chi connectivity index (χ1v) is 13.5. The Morgan fingerprint density at radius 1 is 0.881 bits per heavy atom. The molecule has 2 atom stereocenters. The molecule has 42 heavy (non-hydrogen) atoms. The smallest absolute Gasteiger partial charge is 0.359 e. The standard InChI is InChI=1S/C27H20F9NO4S/c1-37-23(38)20-13-24(20,42(39,40)18-11-9-17(28)10-12-18)15-5-7-16(8-6-15)25(26(31,32)33,27(34,35)36)41-14-19-21(29)3-2-4-22(19)30/h2-12,20H,13-14H2,1H3,(H,37,38). The number of halogens is 9. The highest BCUT2D eigenvalue weighted by atomic mass is 32.2. The van der Waals surface area contributed by atoms with Crippen molar-refractivity contribution in [3.8, 4) is 0 Å². The van der Waals surface area contributed by atoms with Crippen LogP contribution >= 0.6 is 0 Å². The summed E-state index contributed by atoms with van der Waals surface area (Å²) in [5.74, 6) is -5.70. The highest BCUT2D eigenvalue weighted by Crippen LogP contribution is 2.61. The SMILES string of the molecule is CNC(=O)C1CC1(c1ccc(C(OCc2c(F)cccc2F)(C(F)(F)F)C(F)(F)F)cc1)S(=O)(=O)c1ccc(F)cc1. The average molecular weight is 626 g/mol. The van der Waals surface area contributed by atoms with Gasteiger partial charge in [-0.15, -0.1) is 0 Å². The van der Waals surface area contributed by atoms with Gasteiger partial charge in [0.1, 0.15) is 22.2 Å². The Labute approximate surface area is 233 Å². The molecule has 0 saturated heterocycles. The van der Waals surface area contributed by atoms with Gasteiger partial charge in [-0.25, -0.2) is 21.6 Å². The van der Waals surface area contributed by atoms with E-state index in [4.69, 9.17) is 0 Å². The van der Waals surface area contributed by atoms with Crippen molar-refractivity contribution in [3.63, 3.8) is 0 Å². The van der Waals surface area contributed by atoms with Crippen LogP contribution in [0.3, 0.4) is 0 Å². The zero-order valence-corrected chi connectivity index (χ0v) is 22.1. The van der Waals surface area contributed by atoms with E-state index in [-0.39, 0.29) is 12.0 Å². The second kappa shape index (κ2) is 10.6. The summed E-state index contributed by atoms with van der Waals surface area (Å²) < 4.78 is 156. The summed E-state index contributed by atoms with van der Waals surface area (Å²) in [6, 6.07) is 7.60. The van der Waals surface area contributed by atoms with Crippen molar-refractivity contribution in [3.05, 3.63) is 101 Å². The van der Waals surface area contributed by atoms with Crippen LogP contribution in [0, 0.1) is 23.4 Å². The third kappa shape index (κ3) is 4.91. The molecule has 0 aromatic heterocycles. The fourth-order valence-electron chi connectivity index (χ4n) is 4.89. The lowest BCUT2D eigenvalue weighted by molar-refractivity contribution is -0.392. The molecule has 1 fully saturated rings. The Kier molecular flexibility index (Phi) is 7.91. The molecule has 226 valence electrons. The topological polar surface area (TPSA) is 72.5 Å². The number of carbonyl (C=O) groups is 1. The molecule has 4 rings (SSSR count). The van der Waals surface area contributed by atoms with E-state index in [1.165, 1.54) is 7.05 Å². The number of benzene rings is 3. The molecule has 15 heteroatoms. The van der Waals surface area contributed by atoms with Crippen LogP contribution in [0.1, 0.15) is 23.1 Å². The lowest BCUT2D eigenvalue weighted by Crippen LogP contribution is -2.56. The van der Waals surface area contributed by atoms with E-state index in [1.54, 1.807) is 0 Å². The third-order valence-electron chi connectivity index (χ3n) is 7.15. The Morgan fingerprint density at radius 2 is 1.40 bits per heavy atom. The van der Waals surface area contributed by atoms with Gasteiger partial charge in [-0.05, 0) is 48.4 Å². The van der Waals surface area contributed by atoms with Crippen molar-refractivity contribution in [2.75, 3.05) is 7.05 Å². The van der Waals surface area contributed by atoms with Crippen molar-refractivity contribution in [1.82, 2.24) is 5.32 Å². The first-order valence-electron chi connectivity index (χ1n) is 12.0. The van der Waals surface area contributed by atoms with Crippen LogP contribution in [0.5, 0.6) is 0 Å². The van der Waals surface area contributed by atoms with E-state index in [0.717, 1.165) is 30.3 Å². The van der Waals surface area contributed by atoms with Crippen LogP contribution in [0.2, 0.25) is 0 Å². The molecule has 0 bridgehead atoms. The van der Waals surface area contributed by atoms with Gasteiger partial charge in [0.25, 0.3) is 5.60 Å². The largest absolute Gasteiger partial charge is 0.430 e. The van der Waals surface area contributed by atoms with E-state index in [0.29, 0.717) is 36.4 Å². The van der Waals surface area contributed by atoms with Crippen molar-refractivity contribution in [2.45, 2.75) is 40.6 Å². The number of amides is 1. The first-order chi connectivity index (χ1) is 19.4. The number of ether oxygens (including phenoxy) is 1. The van der Waals surface area contributed by atoms with Crippen molar-refractivity contribution in [2.24, 2.45) is 5.92 Å². The molecule has 0 spiro atoms. The molecule has 0 aliphatic heterocycles. The van der Waals surface area contributed by atoms with Gasteiger partial charge < -0.3 is 10.1 Å². The maximum atomic E-state index is 14.3. The van der Waals surface area contributed by atoms with Crippen LogP contribution in [0.25, 0.3) is 0 Å². The van der Waals surface area contributed by atoms with Crippen LogP contribution < -0.4 is 5.32 Å². The van der Waals surface area contributed by atoms with Gasteiger partial charge in [-0.3, -0.25) is 4.79 Å². The quantitative estimate of drug-likeness (QED) is 0.244. The number of alkyl halides is 6. The summed E-state index contributed by atoms with van der Waals surface area (Å²) in [4.78, 5) is 12.0. The summed E-state index contributed by atoms with van der Waals surface area (Å²) in [5.41, 5.74) is -8.14. The molecule has 1 amide bonds.